The van der Waals surface area contributed by atoms with Gasteiger partial charge in [0.25, 0.3) is 0 Å². The highest BCUT2D eigenvalue weighted by Gasteiger charge is 2.38. The van der Waals surface area contributed by atoms with E-state index in [0.717, 1.165) is 37.5 Å². The van der Waals surface area contributed by atoms with E-state index < -0.39 is 0 Å². The van der Waals surface area contributed by atoms with Crippen LogP contribution in [0.4, 0.5) is 4.39 Å². The van der Waals surface area contributed by atoms with Crippen molar-refractivity contribution in [1.29, 1.82) is 0 Å². The molecule has 0 bridgehead atoms. The van der Waals surface area contributed by atoms with E-state index in [1.165, 1.54) is 6.07 Å². The summed E-state index contributed by atoms with van der Waals surface area (Å²) >= 11 is 0. The second-order valence-electron chi connectivity index (χ2n) is 5.80. The first-order valence-corrected chi connectivity index (χ1v) is 7.19. The SMILES string of the molecule is CN(Cc1ncc[nH]1)CC1(c2cccc(F)c2)CCOC1. The Morgan fingerprint density at radius 3 is 3.05 bits per heavy atom. The van der Waals surface area contributed by atoms with Gasteiger partial charge in [0.2, 0.25) is 0 Å². The number of halogens is 1. The molecule has 0 amide bonds. The molecule has 0 aliphatic carbocycles. The number of hydrogen-bond donors (Lipinski definition) is 1. The van der Waals surface area contributed by atoms with Crippen molar-refractivity contribution in [3.05, 3.63) is 53.9 Å². The van der Waals surface area contributed by atoms with Gasteiger partial charge in [-0.05, 0) is 31.2 Å². The molecule has 2 heterocycles. The molecule has 2 aromatic rings. The average molecular weight is 289 g/mol. The zero-order chi connectivity index (χ0) is 14.7. The summed E-state index contributed by atoms with van der Waals surface area (Å²) in [6.07, 6.45) is 4.49. The minimum absolute atomic E-state index is 0.135. The number of ether oxygens (including phenoxy) is 1. The summed E-state index contributed by atoms with van der Waals surface area (Å²) in [6, 6.07) is 6.89. The maximum Gasteiger partial charge on any atom is 0.123 e. The van der Waals surface area contributed by atoms with E-state index >= 15 is 0 Å². The van der Waals surface area contributed by atoms with E-state index in [4.69, 9.17) is 4.74 Å². The highest BCUT2D eigenvalue weighted by Crippen LogP contribution is 2.34. The lowest BCUT2D eigenvalue weighted by Gasteiger charge is -2.32. The lowest BCUT2D eigenvalue weighted by atomic mass is 9.79. The molecule has 4 nitrogen and oxygen atoms in total. The van der Waals surface area contributed by atoms with Gasteiger partial charge < -0.3 is 9.72 Å². The minimum atomic E-state index is -0.188. The van der Waals surface area contributed by atoms with Crippen molar-refractivity contribution in [2.45, 2.75) is 18.4 Å². The summed E-state index contributed by atoms with van der Waals surface area (Å²) in [4.78, 5) is 9.57. The predicted molar refractivity (Wildman–Crippen MR) is 78.4 cm³/mol. The molecule has 1 aromatic carbocycles. The van der Waals surface area contributed by atoms with Crippen LogP contribution in [0.3, 0.4) is 0 Å². The Kier molecular flexibility index (Phi) is 4.03. The third-order valence-corrected chi connectivity index (χ3v) is 4.09. The van der Waals surface area contributed by atoms with Gasteiger partial charge in [0.1, 0.15) is 11.6 Å². The Morgan fingerprint density at radius 2 is 2.38 bits per heavy atom. The maximum atomic E-state index is 13.6. The fourth-order valence-corrected chi connectivity index (χ4v) is 3.08. The van der Waals surface area contributed by atoms with E-state index in [0.29, 0.717) is 6.61 Å². The Hall–Kier alpha value is -1.72. The van der Waals surface area contributed by atoms with Gasteiger partial charge in [-0.3, -0.25) is 4.90 Å². The average Bonchev–Trinajstić information content (AvgIpc) is 3.11. The number of nitrogens with one attached hydrogen (secondary N) is 1. The largest absolute Gasteiger partial charge is 0.380 e. The summed E-state index contributed by atoms with van der Waals surface area (Å²) < 4.78 is 19.2. The number of rotatable bonds is 5. The highest BCUT2D eigenvalue weighted by molar-refractivity contribution is 5.28. The molecule has 3 rings (SSSR count). The normalized spacial score (nSPS) is 22.0. The molecule has 0 saturated carbocycles. The fourth-order valence-electron chi connectivity index (χ4n) is 3.08. The third-order valence-electron chi connectivity index (χ3n) is 4.09. The molecule has 1 saturated heterocycles. The van der Waals surface area contributed by atoms with Crippen LogP contribution in [0.5, 0.6) is 0 Å². The van der Waals surface area contributed by atoms with Crippen LogP contribution in [-0.2, 0) is 16.7 Å². The van der Waals surface area contributed by atoms with Crippen molar-refractivity contribution in [3.63, 3.8) is 0 Å². The van der Waals surface area contributed by atoms with Crippen molar-refractivity contribution < 1.29 is 9.13 Å². The first-order valence-electron chi connectivity index (χ1n) is 7.19. The zero-order valence-electron chi connectivity index (χ0n) is 12.2. The van der Waals surface area contributed by atoms with E-state index in [1.807, 2.05) is 12.3 Å². The van der Waals surface area contributed by atoms with Gasteiger partial charge in [-0.2, -0.15) is 0 Å². The second-order valence-corrected chi connectivity index (χ2v) is 5.80. The molecule has 0 radical (unpaired) electrons. The summed E-state index contributed by atoms with van der Waals surface area (Å²) in [6.45, 7) is 2.92. The van der Waals surface area contributed by atoms with Crippen molar-refractivity contribution in [2.24, 2.45) is 0 Å². The second kappa shape index (κ2) is 5.95. The van der Waals surface area contributed by atoms with Crippen molar-refractivity contribution in [1.82, 2.24) is 14.9 Å². The first kappa shape index (κ1) is 14.2. The molecule has 1 aliphatic rings. The number of aromatic nitrogens is 2. The molecule has 1 atom stereocenters. The topological polar surface area (TPSA) is 41.2 Å². The van der Waals surface area contributed by atoms with Gasteiger partial charge in [-0.25, -0.2) is 9.37 Å². The summed E-state index contributed by atoms with van der Waals surface area (Å²) in [7, 11) is 2.06. The highest BCUT2D eigenvalue weighted by atomic mass is 19.1. The fraction of sp³-hybridized carbons (Fsp3) is 0.438. The molecular formula is C16H20FN3O. The van der Waals surface area contributed by atoms with Crippen LogP contribution in [-0.4, -0.2) is 41.7 Å². The quantitative estimate of drug-likeness (QED) is 0.918. The van der Waals surface area contributed by atoms with E-state index in [-0.39, 0.29) is 11.2 Å². The monoisotopic (exact) mass is 289 g/mol. The third kappa shape index (κ3) is 3.14. The number of aromatic amines is 1. The van der Waals surface area contributed by atoms with Crippen LogP contribution in [0, 0.1) is 5.82 Å². The smallest absolute Gasteiger partial charge is 0.123 e. The van der Waals surface area contributed by atoms with E-state index in [9.17, 15) is 4.39 Å². The van der Waals surface area contributed by atoms with Crippen molar-refractivity contribution >= 4 is 0 Å². The van der Waals surface area contributed by atoms with Crippen LogP contribution in [0.25, 0.3) is 0 Å². The molecule has 1 N–H and O–H groups in total. The molecule has 1 fully saturated rings. The Morgan fingerprint density at radius 1 is 1.48 bits per heavy atom. The molecule has 0 spiro atoms. The standard InChI is InChI=1S/C16H20FN3O/c1-20(10-15-18-6-7-19-15)11-16(5-8-21-12-16)13-3-2-4-14(17)9-13/h2-4,6-7,9H,5,8,10-12H2,1H3,(H,18,19). The predicted octanol–water partition coefficient (Wildman–Crippen LogP) is 2.34. The van der Waals surface area contributed by atoms with Gasteiger partial charge in [-0.1, -0.05) is 12.1 Å². The minimum Gasteiger partial charge on any atom is -0.380 e. The number of imidazole rings is 1. The molecule has 1 unspecified atom stereocenters. The Balaban J connectivity index is 1.78. The molecule has 21 heavy (non-hydrogen) atoms. The number of nitrogens with zero attached hydrogens (tertiary/aromatic N) is 2. The molecule has 1 aromatic heterocycles. The van der Waals surface area contributed by atoms with Crippen molar-refractivity contribution in [2.75, 3.05) is 26.8 Å². The number of hydrogen-bond acceptors (Lipinski definition) is 3. The molecule has 1 aliphatic heterocycles. The van der Waals surface area contributed by atoms with E-state index in [2.05, 4.69) is 21.9 Å². The van der Waals surface area contributed by atoms with Crippen LogP contribution in [0.2, 0.25) is 0 Å². The summed E-state index contributed by atoms with van der Waals surface area (Å²) in [5.74, 6) is 0.748. The van der Waals surface area contributed by atoms with Crippen molar-refractivity contribution in [3.8, 4) is 0 Å². The van der Waals surface area contributed by atoms with Crippen LogP contribution in [0.15, 0.2) is 36.7 Å². The molecule has 5 heteroatoms. The van der Waals surface area contributed by atoms with Crippen LogP contribution < -0.4 is 0 Å². The molecular weight excluding hydrogens is 269 g/mol. The van der Waals surface area contributed by atoms with Crippen LogP contribution in [0.1, 0.15) is 17.8 Å². The van der Waals surface area contributed by atoms with Gasteiger partial charge in [0.05, 0.1) is 13.2 Å². The maximum absolute atomic E-state index is 13.6. The number of benzene rings is 1. The first-order chi connectivity index (χ1) is 10.2. The molecule has 112 valence electrons. The summed E-state index contributed by atoms with van der Waals surface area (Å²) in [5, 5.41) is 0. The lowest BCUT2D eigenvalue weighted by Crippen LogP contribution is -2.39. The Bertz CT molecular complexity index is 579. The lowest BCUT2D eigenvalue weighted by molar-refractivity contribution is 0.156. The summed E-state index contributed by atoms with van der Waals surface area (Å²) in [5.41, 5.74) is 0.884. The van der Waals surface area contributed by atoms with Crippen LogP contribution >= 0.6 is 0 Å². The van der Waals surface area contributed by atoms with Gasteiger partial charge in [-0.15, -0.1) is 0 Å². The van der Waals surface area contributed by atoms with Gasteiger partial charge in [0.15, 0.2) is 0 Å². The number of likely N-dealkylation sites (N-methyl/N-ethyl adjacent to an activating group) is 1. The zero-order valence-corrected chi connectivity index (χ0v) is 12.2. The number of H-pyrrole nitrogens is 1. The van der Waals surface area contributed by atoms with Gasteiger partial charge >= 0.3 is 0 Å². The van der Waals surface area contributed by atoms with E-state index in [1.54, 1.807) is 18.3 Å². The Labute approximate surface area is 124 Å². The van der Waals surface area contributed by atoms with Gasteiger partial charge in [0, 0.05) is 31.0 Å².